The molecule has 3 aromatic rings. The number of anilines is 1. The SMILES string of the molecule is CC(C)N(C(=O)c1c(C([Si](C)(C)C)[Si](C)(C)C)cccc1[C@@H](Nc1ccccc1)c1ccccc1)C(C)C. The Morgan fingerprint density at radius 2 is 1.13 bits per heavy atom. The number of rotatable bonds is 10. The molecule has 204 valence electrons. The second kappa shape index (κ2) is 12.0. The number of amides is 1. The fraction of sp³-hybridized carbons (Fsp3) is 0.424. The average Bonchev–Trinajstić information content (AvgIpc) is 2.81. The lowest BCUT2D eigenvalue weighted by molar-refractivity contribution is 0.0641. The minimum absolute atomic E-state index is 0.109. The van der Waals surface area contributed by atoms with Crippen molar-refractivity contribution < 1.29 is 4.79 Å². The molecule has 0 aliphatic carbocycles. The highest BCUT2D eigenvalue weighted by atomic mass is 28.4. The van der Waals surface area contributed by atoms with E-state index < -0.39 is 16.1 Å². The molecule has 3 nitrogen and oxygen atoms in total. The molecular formula is C33H48N2OSi2. The van der Waals surface area contributed by atoms with Gasteiger partial charge in [-0.2, -0.15) is 0 Å². The predicted octanol–water partition coefficient (Wildman–Crippen LogP) is 8.99. The first-order valence-corrected chi connectivity index (χ1v) is 21.2. The zero-order chi connectivity index (χ0) is 28.3. The smallest absolute Gasteiger partial charge is 0.254 e. The van der Waals surface area contributed by atoms with E-state index in [4.69, 9.17) is 0 Å². The van der Waals surface area contributed by atoms with Crippen LogP contribution in [0.25, 0.3) is 0 Å². The van der Waals surface area contributed by atoms with Crippen LogP contribution in [0, 0.1) is 0 Å². The maximum Gasteiger partial charge on any atom is 0.254 e. The minimum Gasteiger partial charge on any atom is -0.374 e. The van der Waals surface area contributed by atoms with Crippen LogP contribution in [0.4, 0.5) is 5.69 Å². The molecule has 3 aromatic carbocycles. The normalized spacial score (nSPS) is 13.2. The number of hydrogen-bond acceptors (Lipinski definition) is 2. The van der Waals surface area contributed by atoms with E-state index in [0.717, 1.165) is 22.4 Å². The first-order chi connectivity index (χ1) is 17.7. The van der Waals surface area contributed by atoms with E-state index in [0.29, 0.717) is 5.16 Å². The van der Waals surface area contributed by atoms with E-state index in [2.05, 4.69) is 150 Å². The van der Waals surface area contributed by atoms with Crippen molar-refractivity contribution in [3.05, 3.63) is 101 Å². The summed E-state index contributed by atoms with van der Waals surface area (Å²) >= 11 is 0. The second-order valence-corrected chi connectivity index (χ2v) is 24.4. The third-order valence-corrected chi connectivity index (χ3v) is 16.5. The van der Waals surface area contributed by atoms with E-state index in [-0.39, 0.29) is 24.0 Å². The van der Waals surface area contributed by atoms with Gasteiger partial charge in [0, 0.05) is 39.5 Å². The molecule has 38 heavy (non-hydrogen) atoms. The molecule has 0 bridgehead atoms. The van der Waals surface area contributed by atoms with Gasteiger partial charge in [0.25, 0.3) is 5.91 Å². The van der Waals surface area contributed by atoms with Gasteiger partial charge in [-0.05, 0) is 61.7 Å². The Hall–Kier alpha value is -2.64. The summed E-state index contributed by atoms with van der Waals surface area (Å²) < 4.78 is 0. The van der Waals surface area contributed by atoms with Gasteiger partial charge in [0.1, 0.15) is 0 Å². The van der Waals surface area contributed by atoms with Crippen molar-refractivity contribution in [2.75, 3.05) is 5.32 Å². The zero-order valence-electron chi connectivity index (χ0n) is 25.2. The van der Waals surface area contributed by atoms with Gasteiger partial charge in [0.15, 0.2) is 0 Å². The fourth-order valence-electron chi connectivity index (χ4n) is 6.43. The van der Waals surface area contributed by atoms with E-state index in [1.807, 2.05) is 6.07 Å². The van der Waals surface area contributed by atoms with Crippen LogP contribution in [-0.4, -0.2) is 39.0 Å². The zero-order valence-corrected chi connectivity index (χ0v) is 27.2. The lowest BCUT2D eigenvalue weighted by atomic mass is 9.90. The van der Waals surface area contributed by atoms with Crippen molar-refractivity contribution in [3.8, 4) is 0 Å². The van der Waals surface area contributed by atoms with Crippen molar-refractivity contribution in [1.29, 1.82) is 0 Å². The molecule has 3 rings (SSSR count). The maximum atomic E-state index is 14.7. The lowest BCUT2D eigenvalue weighted by Gasteiger charge is -2.41. The van der Waals surface area contributed by atoms with E-state index in [1.165, 1.54) is 5.56 Å². The largest absolute Gasteiger partial charge is 0.374 e. The summed E-state index contributed by atoms with van der Waals surface area (Å²) in [6.07, 6.45) is 0. The molecule has 0 spiro atoms. The molecule has 0 saturated carbocycles. The first kappa shape index (κ1) is 29.9. The molecule has 1 atom stereocenters. The first-order valence-electron chi connectivity index (χ1n) is 14.1. The van der Waals surface area contributed by atoms with Gasteiger partial charge in [-0.1, -0.05) is 106 Å². The van der Waals surface area contributed by atoms with Crippen LogP contribution in [0.1, 0.15) is 65.9 Å². The second-order valence-electron chi connectivity index (χ2n) is 13.2. The number of hydrogen-bond donors (Lipinski definition) is 1. The van der Waals surface area contributed by atoms with Crippen molar-refractivity contribution in [1.82, 2.24) is 4.90 Å². The van der Waals surface area contributed by atoms with Crippen LogP contribution in [0.5, 0.6) is 0 Å². The molecule has 0 aliphatic heterocycles. The van der Waals surface area contributed by atoms with Crippen molar-refractivity contribution in [2.45, 2.75) is 90.3 Å². The summed E-state index contributed by atoms with van der Waals surface area (Å²) in [6.45, 7) is 23.3. The summed E-state index contributed by atoms with van der Waals surface area (Å²) in [7, 11) is -3.34. The molecule has 0 heterocycles. The highest BCUT2D eigenvalue weighted by Gasteiger charge is 2.42. The summed E-state index contributed by atoms with van der Waals surface area (Å²) in [5.41, 5.74) is 5.42. The molecule has 0 radical (unpaired) electrons. The van der Waals surface area contributed by atoms with E-state index >= 15 is 0 Å². The van der Waals surface area contributed by atoms with Gasteiger partial charge in [0.05, 0.1) is 6.04 Å². The van der Waals surface area contributed by atoms with Gasteiger partial charge in [-0.15, -0.1) is 0 Å². The van der Waals surface area contributed by atoms with Gasteiger partial charge in [-0.3, -0.25) is 4.79 Å². The monoisotopic (exact) mass is 544 g/mol. The van der Waals surface area contributed by atoms with Gasteiger partial charge < -0.3 is 10.2 Å². The van der Waals surface area contributed by atoms with Crippen LogP contribution < -0.4 is 5.32 Å². The van der Waals surface area contributed by atoms with Gasteiger partial charge >= 0.3 is 0 Å². The minimum atomic E-state index is -1.67. The number of nitrogens with one attached hydrogen (secondary N) is 1. The van der Waals surface area contributed by atoms with E-state index in [1.54, 1.807) is 0 Å². The number of benzene rings is 3. The molecular weight excluding hydrogens is 497 g/mol. The van der Waals surface area contributed by atoms with Crippen molar-refractivity contribution in [3.63, 3.8) is 0 Å². The number of carbonyl (C=O) groups excluding carboxylic acids is 1. The standard InChI is InChI=1S/C33H48N2OSi2/c1-24(2)35(25(3)4)32(36)30-28(22-17-23-29(30)33(37(5,6)7)38(8,9)10)31(26-18-13-11-14-19-26)34-27-20-15-12-16-21-27/h11-25,31,33-34H,1-10H3/t31-/m0/s1. The molecule has 5 heteroatoms. The third kappa shape index (κ3) is 6.86. The molecule has 0 saturated heterocycles. The molecule has 1 N–H and O–H groups in total. The number of nitrogens with zero attached hydrogens (tertiary/aromatic N) is 1. The van der Waals surface area contributed by atoms with Gasteiger partial charge in [0.2, 0.25) is 0 Å². The summed E-state index contributed by atoms with van der Waals surface area (Å²) in [5, 5.41) is 4.25. The Kier molecular flexibility index (Phi) is 9.48. The highest BCUT2D eigenvalue weighted by molar-refractivity contribution is 6.96. The summed E-state index contributed by atoms with van der Waals surface area (Å²) in [6, 6.07) is 27.6. The summed E-state index contributed by atoms with van der Waals surface area (Å²) in [4.78, 5) is 16.8. The van der Waals surface area contributed by atoms with Crippen LogP contribution in [0.15, 0.2) is 78.9 Å². The van der Waals surface area contributed by atoms with E-state index in [9.17, 15) is 4.79 Å². The topological polar surface area (TPSA) is 32.3 Å². The van der Waals surface area contributed by atoms with Crippen molar-refractivity contribution in [2.24, 2.45) is 0 Å². The Labute approximate surface area is 233 Å². The summed E-state index contributed by atoms with van der Waals surface area (Å²) in [5.74, 6) is 0.151. The Morgan fingerprint density at radius 3 is 1.61 bits per heavy atom. The quantitative estimate of drug-likeness (QED) is 0.258. The van der Waals surface area contributed by atoms with Crippen molar-refractivity contribution >= 4 is 27.7 Å². The number of para-hydroxylation sites is 1. The van der Waals surface area contributed by atoms with Gasteiger partial charge in [-0.25, -0.2) is 0 Å². The maximum absolute atomic E-state index is 14.7. The Balaban J connectivity index is 2.39. The molecule has 0 aromatic heterocycles. The molecule has 1 amide bonds. The number of carbonyl (C=O) groups is 1. The fourth-order valence-corrected chi connectivity index (χ4v) is 19.2. The molecule has 0 unspecified atom stereocenters. The third-order valence-electron chi connectivity index (χ3n) is 7.26. The Bertz CT molecular complexity index is 1170. The van der Waals surface area contributed by atoms with Crippen LogP contribution in [0.2, 0.25) is 39.3 Å². The lowest BCUT2D eigenvalue weighted by Crippen LogP contribution is -2.49. The van der Waals surface area contributed by atoms with Crippen LogP contribution >= 0.6 is 0 Å². The highest BCUT2D eigenvalue weighted by Crippen LogP contribution is 2.41. The molecule has 0 fully saturated rings. The molecule has 0 aliphatic rings. The predicted molar refractivity (Wildman–Crippen MR) is 171 cm³/mol. The average molecular weight is 545 g/mol. The van der Waals surface area contributed by atoms with Crippen LogP contribution in [0.3, 0.4) is 0 Å². The Morgan fingerprint density at radius 1 is 0.658 bits per heavy atom. The van der Waals surface area contributed by atoms with Crippen LogP contribution in [-0.2, 0) is 0 Å².